The van der Waals surface area contributed by atoms with Crippen molar-refractivity contribution in [3.8, 4) is 0 Å². The molecule has 0 unspecified atom stereocenters. The molecule has 0 aliphatic heterocycles. The standard InChI is InChI=1S/C17H22N2O4S2/c1-13-8-10-15(11-9-13)24(20,21)18-14-6-5-7-16(12-14)25(22,23)19-17(2,3)4/h5-12,18-19H,1-4H3. The van der Waals surface area contributed by atoms with Crippen LogP contribution < -0.4 is 9.44 Å². The van der Waals surface area contributed by atoms with Gasteiger partial charge in [0.05, 0.1) is 15.5 Å². The van der Waals surface area contributed by atoms with E-state index in [1.54, 1.807) is 32.9 Å². The van der Waals surface area contributed by atoms with E-state index in [4.69, 9.17) is 0 Å². The third-order valence-corrected chi connectivity index (χ3v) is 6.32. The normalized spacial score (nSPS) is 12.8. The molecule has 0 amide bonds. The molecule has 0 bridgehead atoms. The molecule has 2 rings (SSSR count). The van der Waals surface area contributed by atoms with Crippen molar-refractivity contribution in [3.63, 3.8) is 0 Å². The minimum atomic E-state index is -3.79. The van der Waals surface area contributed by atoms with Crippen molar-refractivity contribution in [1.82, 2.24) is 4.72 Å². The van der Waals surface area contributed by atoms with Crippen molar-refractivity contribution in [2.45, 2.75) is 43.0 Å². The van der Waals surface area contributed by atoms with Crippen molar-refractivity contribution in [2.24, 2.45) is 0 Å². The summed E-state index contributed by atoms with van der Waals surface area (Å²) in [6.45, 7) is 7.05. The third-order valence-electron chi connectivity index (χ3n) is 3.17. The van der Waals surface area contributed by atoms with Crippen LogP contribution in [0.15, 0.2) is 58.3 Å². The molecule has 2 aromatic rings. The van der Waals surface area contributed by atoms with Crippen molar-refractivity contribution in [3.05, 3.63) is 54.1 Å². The highest BCUT2D eigenvalue weighted by Crippen LogP contribution is 2.21. The number of sulfonamides is 2. The number of nitrogens with one attached hydrogen (secondary N) is 2. The maximum Gasteiger partial charge on any atom is 0.261 e. The Morgan fingerprint density at radius 1 is 0.800 bits per heavy atom. The first-order valence-corrected chi connectivity index (χ1v) is 10.6. The molecule has 2 aromatic carbocycles. The fraction of sp³-hybridized carbons (Fsp3) is 0.294. The number of hydrogen-bond acceptors (Lipinski definition) is 4. The van der Waals surface area contributed by atoms with Gasteiger partial charge in [0.15, 0.2) is 0 Å². The van der Waals surface area contributed by atoms with Crippen LogP contribution in [0.5, 0.6) is 0 Å². The molecule has 0 saturated heterocycles. The van der Waals surface area contributed by atoms with Gasteiger partial charge in [-0.25, -0.2) is 21.6 Å². The van der Waals surface area contributed by atoms with Crippen LogP contribution in [-0.2, 0) is 20.0 Å². The first-order chi connectivity index (χ1) is 11.4. The van der Waals surface area contributed by atoms with E-state index in [0.717, 1.165) is 5.56 Å². The summed E-state index contributed by atoms with van der Waals surface area (Å²) >= 11 is 0. The molecule has 0 saturated carbocycles. The maximum absolute atomic E-state index is 12.4. The van der Waals surface area contributed by atoms with Gasteiger partial charge in [-0.15, -0.1) is 0 Å². The largest absolute Gasteiger partial charge is 0.280 e. The lowest BCUT2D eigenvalue weighted by atomic mass is 10.1. The van der Waals surface area contributed by atoms with E-state index in [1.807, 2.05) is 6.92 Å². The van der Waals surface area contributed by atoms with Crippen molar-refractivity contribution >= 4 is 25.7 Å². The Labute approximate surface area is 149 Å². The van der Waals surface area contributed by atoms with Crippen LogP contribution in [0.2, 0.25) is 0 Å². The summed E-state index contributed by atoms with van der Waals surface area (Å²) < 4.78 is 54.6. The van der Waals surface area contributed by atoms with E-state index in [9.17, 15) is 16.8 Å². The second-order valence-corrected chi connectivity index (χ2v) is 10.2. The van der Waals surface area contributed by atoms with Gasteiger partial charge in [-0.1, -0.05) is 23.8 Å². The number of benzene rings is 2. The van der Waals surface area contributed by atoms with E-state index in [1.165, 1.54) is 36.4 Å². The Bertz CT molecular complexity index is 958. The molecule has 2 N–H and O–H groups in total. The summed E-state index contributed by atoms with van der Waals surface area (Å²) in [5, 5.41) is 0. The van der Waals surface area contributed by atoms with Gasteiger partial charge >= 0.3 is 0 Å². The molecule has 8 heteroatoms. The molecule has 0 aliphatic carbocycles. The van der Waals surface area contributed by atoms with Crippen molar-refractivity contribution in [1.29, 1.82) is 0 Å². The van der Waals surface area contributed by atoms with Crippen LogP contribution >= 0.6 is 0 Å². The molecular weight excluding hydrogens is 360 g/mol. The van der Waals surface area contributed by atoms with E-state index >= 15 is 0 Å². The molecule has 25 heavy (non-hydrogen) atoms. The molecule has 0 aliphatic rings. The summed E-state index contributed by atoms with van der Waals surface area (Å²) in [6, 6.07) is 12.1. The first-order valence-electron chi connectivity index (χ1n) is 7.63. The zero-order chi connectivity index (χ0) is 18.9. The molecule has 0 radical (unpaired) electrons. The minimum Gasteiger partial charge on any atom is -0.280 e. The molecule has 0 spiro atoms. The zero-order valence-corrected chi connectivity index (χ0v) is 16.2. The van der Waals surface area contributed by atoms with Gasteiger partial charge in [0.25, 0.3) is 10.0 Å². The summed E-state index contributed by atoms with van der Waals surface area (Å²) in [5.41, 5.74) is 0.480. The van der Waals surface area contributed by atoms with Crippen LogP contribution in [0.25, 0.3) is 0 Å². The minimum absolute atomic E-state index is 0.00784. The van der Waals surface area contributed by atoms with Crippen LogP contribution in [0, 0.1) is 6.92 Å². The summed E-state index contributed by atoms with van der Waals surface area (Å²) in [5.74, 6) is 0. The maximum atomic E-state index is 12.4. The SMILES string of the molecule is Cc1ccc(S(=O)(=O)Nc2cccc(S(=O)(=O)NC(C)(C)C)c2)cc1. The summed E-state index contributed by atoms with van der Waals surface area (Å²) in [7, 11) is -7.54. The molecule has 0 fully saturated rings. The molecule has 0 heterocycles. The van der Waals surface area contributed by atoms with Gasteiger partial charge in [0, 0.05) is 5.54 Å². The Hall–Kier alpha value is -1.90. The average Bonchev–Trinajstić information content (AvgIpc) is 2.45. The first kappa shape index (κ1) is 19.4. The Morgan fingerprint density at radius 3 is 1.96 bits per heavy atom. The highest BCUT2D eigenvalue weighted by Gasteiger charge is 2.23. The Kier molecular flexibility index (Phi) is 5.27. The Morgan fingerprint density at radius 2 is 1.40 bits per heavy atom. The van der Waals surface area contributed by atoms with Gasteiger partial charge in [-0.2, -0.15) is 0 Å². The lowest BCUT2D eigenvalue weighted by Gasteiger charge is -2.20. The fourth-order valence-corrected chi connectivity index (χ4v) is 4.63. The zero-order valence-electron chi connectivity index (χ0n) is 14.6. The van der Waals surface area contributed by atoms with Gasteiger partial charge in [-0.05, 0) is 58.0 Å². The topological polar surface area (TPSA) is 92.3 Å². The van der Waals surface area contributed by atoms with Crippen molar-refractivity contribution < 1.29 is 16.8 Å². The monoisotopic (exact) mass is 382 g/mol. The van der Waals surface area contributed by atoms with Crippen LogP contribution in [0.4, 0.5) is 5.69 Å². The highest BCUT2D eigenvalue weighted by molar-refractivity contribution is 7.92. The summed E-state index contributed by atoms with van der Waals surface area (Å²) in [6.07, 6.45) is 0. The second-order valence-electron chi connectivity index (χ2n) is 6.80. The smallest absolute Gasteiger partial charge is 0.261 e. The van der Waals surface area contributed by atoms with Crippen LogP contribution in [0.1, 0.15) is 26.3 Å². The van der Waals surface area contributed by atoms with E-state index in [-0.39, 0.29) is 15.5 Å². The van der Waals surface area contributed by atoms with Crippen LogP contribution in [0.3, 0.4) is 0 Å². The lowest BCUT2D eigenvalue weighted by molar-refractivity contribution is 0.491. The number of hydrogen-bond donors (Lipinski definition) is 2. The predicted octanol–water partition coefficient (Wildman–Crippen LogP) is 2.87. The summed E-state index contributed by atoms with van der Waals surface area (Å²) in [4.78, 5) is 0.103. The third kappa shape index (κ3) is 5.29. The molecule has 136 valence electrons. The van der Waals surface area contributed by atoms with E-state index in [2.05, 4.69) is 9.44 Å². The molecule has 0 aromatic heterocycles. The second kappa shape index (κ2) is 6.78. The lowest BCUT2D eigenvalue weighted by Crippen LogP contribution is -2.40. The molecule has 6 nitrogen and oxygen atoms in total. The number of aryl methyl sites for hydroxylation is 1. The quantitative estimate of drug-likeness (QED) is 0.832. The van der Waals surface area contributed by atoms with Gasteiger partial charge in [0.2, 0.25) is 10.0 Å². The Balaban J connectivity index is 2.32. The predicted molar refractivity (Wildman–Crippen MR) is 98.5 cm³/mol. The number of rotatable bonds is 5. The fourth-order valence-electron chi connectivity index (χ4n) is 2.12. The number of anilines is 1. The molecule has 0 atom stereocenters. The molecular formula is C17H22N2O4S2. The van der Waals surface area contributed by atoms with Crippen molar-refractivity contribution in [2.75, 3.05) is 4.72 Å². The highest BCUT2D eigenvalue weighted by atomic mass is 32.2. The van der Waals surface area contributed by atoms with Gasteiger partial charge < -0.3 is 0 Å². The van der Waals surface area contributed by atoms with Gasteiger partial charge in [0.1, 0.15) is 0 Å². The van der Waals surface area contributed by atoms with Crippen LogP contribution in [-0.4, -0.2) is 22.4 Å². The average molecular weight is 383 g/mol. The van der Waals surface area contributed by atoms with E-state index in [0.29, 0.717) is 0 Å². The van der Waals surface area contributed by atoms with Gasteiger partial charge in [-0.3, -0.25) is 4.72 Å². The van der Waals surface area contributed by atoms with E-state index < -0.39 is 25.6 Å².